The van der Waals surface area contributed by atoms with E-state index in [1.807, 2.05) is 17.5 Å². The average Bonchev–Trinajstić information content (AvgIpc) is 3.20. The molecule has 9 heteroatoms. The van der Waals surface area contributed by atoms with E-state index in [0.717, 1.165) is 4.88 Å². The molecule has 148 valence electrons. The number of nitrogens with one attached hydrogen (secondary N) is 3. The molecule has 2 rings (SSSR count). The molecule has 3 amide bonds. The summed E-state index contributed by atoms with van der Waals surface area (Å²) in [6.07, 6.45) is -0.0838. The molecule has 1 unspecified atom stereocenters. The Labute approximate surface area is 166 Å². The Balaban J connectivity index is 1.87. The summed E-state index contributed by atoms with van der Waals surface area (Å²) in [5.74, 6) is -1.68. The maximum absolute atomic E-state index is 12.1. The first-order valence-corrected chi connectivity index (χ1v) is 9.35. The van der Waals surface area contributed by atoms with Gasteiger partial charge in [0.25, 0.3) is 11.8 Å². The Bertz CT molecular complexity index is 851. The van der Waals surface area contributed by atoms with Gasteiger partial charge in [0.05, 0.1) is 12.5 Å². The lowest BCUT2D eigenvalue weighted by molar-refractivity contribution is -0.147. The minimum absolute atomic E-state index is 0.0838. The van der Waals surface area contributed by atoms with Gasteiger partial charge in [-0.25, -0.2) is 0 Å². The molecule has 0 aliphatic rings. The van der Waals surface area contributed by atoms with Crippen LogP contribution in [0.15, 0.2) is 41.8 Å². The summed E-state index contributed by atoms with van der Waals surface area (Å²) in [6.45, 7) is 0.895. The molecule has 1 atom stereocenters. The quantitative estimate of drug-likeness (QED) is 0.582. The van der Waals surface area contributed by atoms with Crippen LogP contribution in [-0.2, 0) is 19.1 Å². The van der Waals surface area contributed by atoms with Gasteiger partial charge in [0.15, 0.2) is 6.61 Å². The highest BCUT2D eigenvalue weighted by molar-refractivity contribution is 7.10. The highest BCUT2D eigenvalue weighted by Crippen LogP contribution is 2.22. The minimum Gasteiger partial charge on any atom is -0.455 e. The molecule has 3 N–H and O–H groups in total. The molecule has 0 fully saturated rings. The highest BCUT2D eigenvalue weighted by atomic mass is 32.1. The molecule has 28 heavy (non-hydrogen) atoms. The van der Waals surface area contributed by atoms with Gasteiger partial charge >= 0.3 is 5.97 Å². The van der Waals surface area contributed by atoms with Crippen LogP contribution in [0.3, 0.4) is 0 Å². The number of amides is 3. The summed E-state index contributed by atoms with van der Waals surface area (Å²) < 4.78 is 5.01. The lowest BCUT2D eigenvalue weighted by atomic mass is 10.1. The second kappa shape index (κ2) is 10.2. The number of hydrogen-bond donors (Lipinski definition) is 3. The highest BCUT2D eigenvalue weighted by Gasteiger charge is 2.19. The molecule has 0 saturated carbocycles. The minimum atomic E-state index is -0.610. The van der Waals surface area contributed by atoms with Crippen LogP contribution in [-0.4, -0.2) is 37.3 Å². The molecular formula is C19H21N3O5S. The number of ether oxygens (including phenoxy) is 1. The Morgan fingerprint density at radius 3 is 2.57 bits per heavy atom. The van der Waals surface area contributed by atoms with E-state index >= 15 is 0 Å². The van der Waals surface area contributed by atoms with Crippen LogP contribution < -0.4 is 16.0 Å². The third-order valence-corrected chi connectivity index (χ3v) is 4.62. The molecule has 0 radical (unpaired) electrons. The Hall–Kier alpha value is -3.20. The van der Waals surface area contributed by atoms with Gasteiger partial charge in [0, 0.05) is 30.1 Å². The molecule has 0 saturated heterocycles. The number of esters is 1. The number of anilines is 1. The molecule has 0 aliphatic carbocycles. The average molecular weight is 403 g/mol. The van der Waals surface area contributed by atoms with E-state index in [2.05, 4.69) is 16.0 Å². The van der Waals surface area contributed by atoms with Crippen LogP contribution in [0.5, 0.6) is 0 Å². The first-order valence-electron chi connectivity index (χ1n) is 8.47. The van der Waals surface area contributed by atoms with Crippen molar-refractivity contribution in [2.45, 2.75) is 19.4 Å². The number of carbonyl (C=O) groups is 4. The molecule has 1 heterocycles. The van der Waals surface area contributed by atoms with Gasteiger partial charge in [-0.05, 0) is 29.6 Å². The van der Waals surface area contributed by atoms with E-state index in [1.54, 1.807) is 18.2 Å². The summed E-state index contributed by atoms with van der Waals surface area (Å²) in [4.78, 5) is 47.9. The zero-order valence-corrected chi connectivity index (χ0v) is 16.3. The lowest BCUT2D eigenvalue weighted by Gasteiger charge is -2.15. The molecule has 0 bridgehead atoms. The van der Waals surface area contributed by atoms with Crippen molar-refractivity contribution in [2.24, 2.45) is 0 Å². The predicted molar refractivity (Wildman–Crippen MR) is 105 cm³/mol. The van der Waals surface area contributed by atoms with Crippen LogP contribution in [0.1, 0.15) is 34.6 Å². The van der Waals surface area contributed by atoms with Crippen LogP contribution in [0.4, 0.5) is 5.69 Å². The van der Waals surface area contributed by atoms with Crippen molar-refractivity contribution in [2.75, 3.05) is 19.0 Å². The number of benzene rings is 1. The van der Waals surface area contributed by atoms with Gasteiger partial charge in [-0.3, -0.25) is 19.2 Å². The summed E-state index contributed by atoms with van der Waals surface area (Å²) >= 11 is 1.41. The van der Waals surface area contributed by atoms with E-state index in [1.165, 1.54) is 31.4 Å². The number of carbonyl (C=O) groups excluding carboxylic acids is 4. The second-order valence-electron chi connectivity index (χ2n) is 5.84. The third-order valence-electron chi connectivity index (χ3n) is 3.63. The standard InChI is InChI=1S/C19H21N3O5S/c1-12(23)21-15(16-7-4-8-28-16)10-18(25)27-11-17(24)22-14-6-3-5-13(9-14)19(26)20-2/h3-9,15H,10-11H2,1-2H3,(H,20,26)(H,21,23)(H,22,24). The molecular weight excluding hydrogens is 382 g/mol. The Morgan fingerprint density at radius 2 is 1.93 bits per heavy atom. The monoisotopic (exact) mass is 403 g/mol. The smallest absolute Gasteiger partial charge is 0.308 e. The third kappa shape index (κ3) is 6.51. The topological polar surface area (TPSA) is 114 Å². The molecule has 1 aromatic carbocycles. The van der Waals surface area contributed by atoms with Crippen LogP contribution in [0.2, 0.25) is 0 Å². The van der Waals surface area contributed by atoms with Crippen molar-refractivity contribution in [3.8, 4) is 0 Å². The fourth-order valence-corrected chi connectivity index (χ4v) is 3.19. The molecule has 8 nitrogen and oxygen atoms in total. The zero-order valence-electron chi connectivity index (χ0n) is 15.5. The van der Waals surface area contributed by atoms with Gasteiger partial charge < -0.3 is 20.7 Å². The van der Waals surface area contributed by atoms with Crippen molar-refractivity contribution in [3.05, 3.63) is 52.2 Å². The number of thiophene rings is 1. The largest absolute Gasteiger partial charge is 0.455 e. The van der Waals surface area contributed by atoms with E-state index in [-0.39, 0.29) is 18.2 Å². The van der Waals surface area contributed by atoms with E-state index < -0.39 is 24.5 Å². The van der Waals surface area contributed by atoms with Crippen molar-refractivity contribution in [1.82, 2.24) is 10.6 Å². The van der Waals surface area contributed by atoms with Gasteiger partial charge in [-0.1, -0.05) is 12.1 Å². The summed E-state index contributed by atoms with van der Waals surface area (Å²) in [5.41, 5.74) is 0.809. The fraction of sp³-hybridized carbons (Fsp3) is 0.263. The van der Waals surface area contributed by atoms with E-state index in [4.69, 9.17) is 4.74 Å². The van der Waals surface area contributed by atoms with Gasteiger partial charge in [-0.15, -0.1) is 11.3 Å². The fourth-order valence-electron chi connectivity index (χ4n) is 2.41. The van der Waals surface area contributed by atoms with Crippen LogP contribution >= 0.6 is 11.3 Å². The van der Waals surface area contributed by atoms with Crippen molar-refractivity contribution < 1.29 is 23.9 Å². The van der Waals surface area contributed by atoms with Gasteiger partial charge in [0.2, 0.25) is 5.91 Å². The summed E-state index contributed by atoms with van der Waals surface area (Å²) in [5, 5.41) is 9.60. The molecule has 0 spiro atoms. The molecule has 1 aromatic heterocycles. The molecule has 2 aromatic rings. The van der Waals surface area contributed by atoms with Gasteiger partial charge in [-0.2, -0.15) is 0 Å². The maximum atomic E-state index is 12.1. The summed E-state index contributed by atoms with van der Waals surface area (Å²) in [6, 6.07) is 9.51. The normalized spacial score (nSPS) is 11.2. The number of hydrogen-bond acceptors (Lipinski definition) is 6. The molecule has 0 aliphatic heterocycles. The lowest BCUT2D eigenvalue weighted by Crippen LogP contribution is -2.29. The van der Waals surface area contributed by atoms with Crippen LogP contribution in [0, 0.1) is 0 Å². The van der Waals surface area contributed by atoms with Crippen LogP contribution in [0.25, 0.3) is 0 Å². The summed E-state index contributed by atoms with van der Waals surface area (Å²) in [7, 11) is 1.51. The van der Waals surface area contributed by atoms with Crippen molar-refractivity contribution >= 4 is 40.7 Å². The Kier molecular flexibility index (Phi) is 7.70. The SMILES string of the molecule is CNC(=O)c1cccc(NC(=O)COC(=O)CC(NC(C)=O)c2cccs2)c1. The van der Waals surface area contributed by atoms with Gasteiger partial charge in [0.1, 0.15) is 0 Å². The zero-order chi connectivity index (χ0) is 20.5. The van der Waals surface area contributed by atoms with E-state index in [0.29, 0.717) is 11.3 Å². The Morgan fingerprint density at radius 1 is 1.14 bits per heavy atom. The number of rotatable bonds is 8. The predicted octanol–water partition coefficient (Wildman–Crippen LogP) is 1.86. The van der Waals surface area contributed by atoms with Crippen molar-refractivity contribution in [1.29, 1.82) is 0 Å². The second-order valence-corrected chi connectivity index (χ2v) is 6.82. The first kappa shape index (κ1) is 21.1. The van der Waals surface area contributed by atoms with E-state index in [9.17, 15) is 19.2 Å². The maximum Gasteiger partial charge on any atom is 0.308 e. The first-order chi connectivity index (χ1) is 13.4. The van der Waals surface area contributed by atoms with Crippen molar-refractivity contribution in [3.63, 3.8) is 0 Å².